The fourth-order valence-corrected chi connectivity index (χ4v) is 2.61. The third-order valence-electron chi connectivity index (χ3n) is 2.54. The van der Waals surface area contributed by atoms with Crippen LogP contribution in [0.4, 0.5) is 0 Å². The Bertz CT molecular complexity index is 336. The maximum atomic E-state index is 11.7. The lowest BCUT2D eigenvalue weighted by Crippen LogP contribution is -2.45. The van der Waals surface area contributed by atoms with Crippen molar-refractivity contribution in [2.24, 2.45) is 0 Å². The second kappa shape index (κ2) is 5.92. The van der Waals surface area contributed by atoms with Gasteiger partial charge in [0.25, 0.3) is 5.91 Å². The minimum Gasteiger partial charge on any atom is -0.350 e. The molecule has 4 heteroatoms. The molecule has 2 N–H and O–H groups in total. The number of nitrogens with one attached hydrogen (secondary N) is 2. The van der Waals surface area contributed by atoms with Crippen molar-refractivity contribution >= 4 is 17.7 Å². The predicted octanol–water partition coefficient (Wildman–Crippen LogP) is 1.12. The third-order valence-corrected chi connectivity index (χ3v) is 3.67. The van der Waals surface area contributed by atoms with Gasteiger partial charge in [0.1, 0.15) is 0 Å². The Hall–Kier alpha value is -1.00. The van der Waals surface area contributed by atoms with Crippen molar-refractivity contribution in [1.82, 2.24) is 10.6 Å². The summed E-state index contributed by atoms with van der Waals surface area (Å²) in [5, 5.41) is 6.34. The summed E-state index contributed by atoms with van der Waals surface area (Å²) in [4.78, 5) is 11.7. The van der Waals surface area contributed by atoms with Crippen molar-refractivity contribution in [2.75, 3.05) is 24.6 Å². The molecular formula is C12H16N2OS. The lowest BCUT2D eigenvalue weighted by molar-refractivity contribution is 0.0950. The van der Waals surface area contributed by atoms with Gasteiger partial charge < -0.3 is 10.6 Å². The van der Waals surface area contributed by atoms with Crippen LogP contribution in [-0.4, -0.2) is 36.5 Å². The Kier molecular flexibility index (Phi) is 4.25. The highest BCUT2D eigenvalue weighted by atomic mass is 32.2. The summed E-state index contributed by atoms with van der Waals surface area (Å²) < 4.78 is 0. The number of carbonyl (C=O) groups excluding carboxylic acids is 1. The second-order valence-electron chi connectivity index (χ2n) is 3.80. The fraction of sp³-hybridized carbons (Fsp3) is 0.417. The maximum Gasteiger partial charge on any atom is 0.251 e. The van der Waals surface area contributed by atoms with E-state index in [1.807, 2.05) is 42.1 Å². The summed E-state index contributed by atoms with van der Waals surface area (Å²) in [6.45, 7) is 1.75. The average Bonchev–Trinajstić information content (AvgIpc) is 2.38. The Balaban J connectivity index is 1.79. The topological polar surface area (TPSA) is 41.1 Å². The van der Waals surface area contributed by atoms with Gasteiger partial charge in [0, 0.05) is 36.2 Å². The zero-order valence-corrected chi connectivity index (χ0v) is 9.93. The van der Waals surface area contributed by atoms with Crippen LogP contribution in [0, 0.1) is 0 Å². The number of hydrogen-bond acceptors (Lipinski definition) is 3. The lowest BCUT2D eigenvalue weighted by Gasteiger charge is -2.23. The first-order chi connectivity index (χ1) is 7.86. The molecule has 86 valence electrons. The highest BCUT2D eigenvalue weighted by Crippen LogP contribution is 2.07. The molecule has 1 unspecified atom stereocenters. The molecule has 0 saturated carbocycles. The largest absolute Gasteiger partial charge is 0.350 e. The highest BCUT2D eigenvalue weighted by molar-refractivity contribution is 7.99. The van der Waals surface area contributed by atoms with E-state index in [1.165, 1.54) is 5.75 Å². The number of rotatable bonds is 3. The summed E-state index contributed by atoms with van der Waals surface area (Å²) in [6, 6.07) is 9.74. The molecule has 1 aliphatic rings. The molecule has 0 radical (unpaired) electrons. The van der Waals surface area contributed by atoms with Gasteiger partial charge in [-0.2, -0.15) is 11.8 Å². The average molecular weight is 236 g/mol. The van der Waals surface area contributed by atoms with E-state index in [2.05, 4.69) is 10.6 Å². The Morgan fingerprint density at radius 3 is 2.94 bits per heavy atom. The van der Waals surface area contributed by atoms with E-state index >= 15 is 0 Å². The first kappa shape index (κ1) is 11.5. The summed E-state index contributed by atoms with van der Waals surface area (Å²) in [6.07, 6.45) is 0. The molecule has 2 rings (SSSR count). The summed E-state index contributed by atoms with van der Waals surface area (Å²) in [5.74, 6) is 2.26. The number of amides is 1. The monoisotopic (exact) mass is 236 g/mol. The van der Waals surface area contributed by atoms with Crippen LogP contribution in [0.1, 0.15) is 10.4 Å². The van der Waals surface area contributed by atoms with Crippen LogP contribution in [0.3, 0.4) is 0 Å². The number of thioether (sulfide) groups is 1. The molecule has 1 amide bonds. The molecule has 1 saturated heterocycles. The summed E-state index contributed by atoms with van der Waals surface area (Å²) in [7, 11) is 0. The van der Waals surface area contributed by atoms with E-state index in [-0.39, 0.29) is 5.91 Å². The van der Waals surface area contributed by atoms with Crippen LogP contribution in [0.25, 0.3) is 0 Å². The molecule has 0 aromatic heterocycles. The molecular weight excluding hydrogens is 220 g/mol. The molecule has 3 nitrogen and oxygen atoms in total. The van der Waals surface area contributed by atoms with Crippen LogP contribution in [0.15, 0.2) is 30.3 Å². The molecule has 16 heavy (non-hydrogen) atoms. The maximum absolute atomic E-state index is 11.7. The first-order valence-electron chi connectivity index (χ1n) is 5.50. The molecule has 0 bridgehead atoms. The normalized spacial score (nSPS) is 20.4. The quantitative estimate of drug-likeness (QED) is 0.826. The van der Waals surface area contributed by atoms with Gasteiger partial charge in [-0.05, 0) is 12.1 Å². The van der Waals surface area contributed by atoms with Crippen molar-refractivity contribution in [3.8, 4) is 0 Å². The van der Waals surface area contributed by atoms with Crippen LogP contribution < -0.4 is 10.6 Å². The van der Waals surface area contributed by atoms with E-state index in [0.717, 1.165) is 17.9 Å². The van der Waals surface area contributed by atoms with E-state index < -0.39 is 0 Å². The zero-order valence-electron chi connectivity index (χ0n) is 9.11. The van der Waals surface area contributed by atoms with E-state index in [4.69, 9.17) is 0 Å². The first-order valence-corrected chi connectivity index (χ1v) is 6.66. The van der Waals surface area contributed by atoms with E-state index in [1.54, 1.807) is 0 Å². The van der Waals surface area contributed by atoms with Gasteiger partial charge in [0.05, 0.1) is 0 Å². The Morgan fingerprint density at radius 2 is 2.25 bits per heavy atom. The molecule has 0 aliphatic carbocycles. The van der Waals surface area contributed by atoms with Crippen molar-refractivity contribution in [3.05, 3.63) is 35.9 Å². The Labute approximate surface area is 100.0 Å². The summed E-state index contributed by atoms with van der Waals surface area (Å²) in [5.41, 5.74) is 0.728. The van der Waals surface area contributed by atoms with E-state index in [9.17, 15) is 4.79 Å². The number of benzene rings is 1. The second-order valence-corrected chi connectivity index (χ2v) is 4.95. The minimum absolute atomic E-state index is 0.0120. The fourth-order valence-electron chi connectivity index (χ4n) is 1.66. The molecule has 0 spiro atoms. The molecule has 1 heterocycles. The van der Waals surface area contributed by atoms with Gasteiger partial charge in [0.2, 0.25) is 0 Å². The van der Waals surface area contributed by atoms with Crippen LogP contribution in [0.2, 0.25) is 0 Å². The van der Waals surface area contributed by atoms with Gasteiger partial charge in [-0.3, -0.25) is 4.79 Å². The molecule has 1 aliphatic heterocycles. The van der Waals surface area contributed by atoms with Gasteiger partial charge in [-0.1, -0.05) is 18.2 Å². The van der Waals surface area contributed by atoms with Crippen molar-refractivity contribution in [2.45, 2.75) is 6.04 Å². The minimum atomic E-state index is 0.0120. The Morgan fingerprint density at radius 1 is 1.44 bits per heavy atom. The smallest absolute Gasteiger partial charge is 0.251 e. The summed E-state index contributed by atoms with van der Waals surface area (Å²) >= 11 is 1.94. The standard InChI is InChI=1S/C12H16N2OS/c15-12(10-4-2-1-3-5-10)14-8-11-9-16-7-6-13-11/h1-5,11,13H,6-9H2,(H,14,15). The predicted molar refractivity (Wildman–Crippen MR) is 67.9 cm³/mol. The van der Waals surface area contributed by atoms with Crippen LogP contribution in [0.5, 0.6) is 0 Å². The number of carbonyl (C=O) groups is 1. The van der Waals surface area contributed by atoms with Crippen molar-refractivity contribution in [3.63, 3.8) is 0 Å². The van der Waals surface area contributed by atoms with Gasteiger partial charge >= 0.3 is 0 Å². The van der Waals surface area contributed by atoms with Gasteiger partial charge in [-0.25, -0.2) is 0 Å². The van der Waals surface area contributed by atoms with Gasteiger partial charge in [0.15, 0.2) is 0 Å². The third kappa shape index (κ3) is 3.25. The van der Waals surface area contributed by atoms with Crippen molar-refractivity contribution in [1.29, 1.82) is 0 Å². The molecule has 1 aromatic carbocycles. The number of hydrogen-bond donors (Lipinski definition) is 2. The highest BCUT2D eigenvalue weighted by Gasteiger charge is 2.13. The molecule has 1 fully saturated rings. The van der Waals surface area contributed by atoms with E-state index in [0.29, 0.717) is 12.6 Å². The molecule has 1 atom stereocenters. The SMILES string of the molecule is O=C(NCC1CSCCN1)c1ccccc1. The van der Waals surface area contributed by atoms with Crippen molar-refractivity contribution < 1.29 is 4.79 Å². The zero-order chi connectivity index (χ0) is 11.2. The van der Waals surface area contributed by atoms with Crippen LogP contribution in [-0.2, 0) is 0 Å². The molecule has 1 aromatic rings. The lowest BCUT2D eigenvalue weighted by atomic mass is 10.2. The van der Waals surface area contributed by atoms with Gasteiger partial charge in [-0.15, -0.1) is 0 Å². The van der Waals surface area contributed by atoms with Crippen LogP contribution >= 0.6 is 11.8 Å².